The van der Waals surface area contributed by atoms with Crippen LogP contribution in [0.15, 0.2) is 16.6 Å². The molecule has 0 saturated carbocycles. The first-order valence-corrected chi connectivity index (χ1v) is 6.68. The van der Waals surface area contributed by atoms with Crippen LogP contribution in [0.4, 0.5) is 0 Å². The molecule has 7 nitrogen and oxygen atoms in total. The van der Waals surface area contributed by atoms with Gasteiger partial charge in [0.2, 0.25) is 0 Å². The summed E-state index contributed by atoms with van der Waals surface area (Å²) < 4.78 is 5.55. The predicted octanol–water partition coefficient (Wildman–Crippen LogP) is -0.625. The summed E-state index contributed by atoms with van der Waals surface area (Å²) in [6.07, 6.45) is -6.80. The quantitative estimate of drug-likeness (QED) is 0.392. The SMILES string of the molecule is OC[C@H]1O[C@@H](c2cc(O)c(Br)cc2O)[C@H](O)[C@@H](O)[C@@H]1O. The maximum absolute atomic E-state index is 9.94. The lowest BCUT2D eigenvalue weighted by Crippen LogP contribution is -2.55. The van der Waals surface area contributed by atoms with E-state index in [9.17, 15) is 25.5 Å². The molecule has 0 spiro atoms. The number of phenolic OH excluding ortho intramolecular Hbond substituents is 2. The highest BCUT2D eigenvalue weighted by atomic mass is 79.9. The number of aliphatic hydroxyl groups is 4. The van der Waals surface area contributed by atoms with Gasteiger partial charge in [0, 0.05) is 5.56 Å². The molecule has 1 heterocycles. The number of ether oxygens (including phenoxy) is 1. The minimum atomic E-state index is -1.55. The van der Waals surface area contributed by atoms with Crippen LogP contribution in [-0.4, -0.2) is 61.7 Å². The molecule has 8 heteroatoms. The Morgan fingerprint density at radius 3 is 2.25 bits per heavy atom. The molecular weight excluding hydrogens is 336 g/mol. The number of aliphatic hydroxyl groups excluding tert-OH is 4. The van der Waals surface area contributed by atoms with E-state index in [0.29, 0.717) is 0 Å². The molecule has 1 aliphatic heterocycles. The van der Waals surface area contributed by atoms with Crippen LogP contribution in [0, 0.1) is 0 Å². The van der Waals surface area contributed by atoms with Crippen molar-refractivity contribution in [3.05, 3.63) is 22.2 Å². The fourth-order valence-corrected chi connectivity index (χ4v) is 2.49. The Morgan fingerprint density at radius 2 is 1.65 bits per heavy atom. The van der Waals surface area contributed by atoms with E-state index in [4.69, 9.17) is 9.84 Å². The standard InChI is InChI=1S/C12H15BrO7/c13-5-2-6(15)4(1-7(5)16)12-11(19)10(18)9(17)8(3-14)20-12/h1-2,8-12,14-19H,3H2/t8-,9-,10+,11-,12+/m1/s1. The molecule has 0 radical (unpaired) electrons. The van der Waals surface area contributed by atoms with E-state index in [0.717, 1.165) is 0 Å². The Kier molecular flexibility index (Phi) is 4.52. The molecule has 1 saturated heterocycles. The Labute approximate surface area is 122 Å². The molecule has 0 aromatic heterocycles. The largest absolute Gasteiger partial charge is 0.508 e. The highest BCUT2D eigenvalue weighted by molar-refractivity contribution is 9.10. The van der Waals surface area contributed by atoms with Crippen LogP contribution < -0.4 is 0 Å². The molecule has 0 unspecified atom stereocenters. The van der Waals surface area contributed by atoms with E-state index in [1.54, 1.807) is 0 Å². The van der Waals surface area contributed by atoms with Crippen molar-refractivity contribution < 1.29 is 35.4 Å². The number of aromatic hydroxyl groups is 2. The minimum Gasteiger partial charge on any atom is -0.508 e. The first-order chi connectivity index (χ1) is 9.36. The zero-order chi connectivity index (χ0) is 15.0. The van der Waals surface area contributed by atoms with Crippen LogP contribution in [0.1, 0.15) is 11.7 Å². The lowest BCUT2D eigenvalue weighted by Gasteiger charge is -2.40. The Hall–Kier alpha value is -0.900. The molecule has 6 N–H and O–H groups in total. The van der Waals surface area contributed by atoms with Crippen molar-refractivity contribution >= 4 is 15.9 Å². The number of phenols is 2. The minimum absolute atomic E-state index is 0.0441. The van der Waals surface area contributed by atoms with Gasteiger partial charge in [-0.25, -0.2) is 0 Å². The van der Waals surface area contributed by atoms with Gasteiger partial charge in [-0.15, -0.1) is 0 Å². The number of hydrogen-bond acceptors (Lipinski definition) is 7. The van der Waals surface area contributed by atoms with Crippen molar-refractivity contribution in [3.8, 4) is 11.5 Å². The summed E-state index contributed by atoms with van der Waals surface area (Å²) in [4.78, 5) is 0. The topological polar surface area (TPSA) is 131 Å². The van der Waals surface area contributed by atoms with Gasteiger partial charge < -0.3 is 35.4 Å². The number of hydrogen-bond donors (Lipinski definition) is 6. The van der Waals surface area contributed by atoms with Crippen molar-refractivity contribution in [2.75, 3.05) is 6.61 Å². The zero-order valence-corrected chi connectivity index (χ0v) is 11.8. The van der Waals surface area contributed by atoms with Crippen LogP contribution in [0.25, 0.3) is 0 Å². The van der Waals surface area contributed by atoms with Gasteiger partial charge in [-0.2, -0.15) is 0 Å². The van der Waals surface area contributed by atoms with Gasteiger partial charge in [0.05, 0.1) is 11.1 Å². The summed E-state index contributed by atoms with van der Waals surface area (Å²) in [7, 11) is 0. The molecule has 0 aliphatic carbocycles. The Morgan fingerprint density at radius 1 is 1.00 bits per heavy atom. The summed E-state index contributed by atoms with van der Waals surface area (Å²) in [5.74, 6) is -0.450. The first kappa shape index (κ1) is 15.5. The third-order valence-corrected chi connectivity index (χ3v) is 3.93. The second kappa shape index (κ2) is 5.84. The van der Waals surface area contributed by atoms with Crippen molar-refractivity contribution in [1.82, 2.24) is 0 Å². The molecule has 1 fully saturated rings. The third-order valence-electron chi connectivity index (χ3n) is 3.29. The lowest BCUT2D eigenvalue weighted by atomic mass is 9.91. The van der Waals surface area contributed by atoms with E-state index in [1.807, 2.05) is 0 Å². The molecule has 0 bridgehead atoms. The highest BCUT2D eigenvalue weighted by Crippen LogP contribution is 2.40. The fourth-order valence-electron chi connectivity index (χ4n) is 2.15. The lowest BCUT2D eigenvalue weighted by molar-refractivity contribution is -0.232. The molecule has 1 aliphatic rings. The van der Waals surface area contributed by atoms with Gasteiger partial charge in [0.15, 0.2) is 0 Å². The van der Waals surface area contributed by atoms with E-state index in [2.05, 4.69) is 15.9 Å². The van der Waals surface area contributed by atoms with Crippen LogP contribution in [0.5, 0.6) is 11.5 Å². The van der Waals surface area contributed by atoms with Crippen molar-refractivity contribution in [2.45, 2.75) is 30.5 Å². The Bertz CT molecular complexity index is 493. The smallest absolute Gasteiger partial charge is 0.130 e. The first-order valence-electron chi connectivity index (χ1n) is 5.88. The Balaban J connectivity index is 2.38. The van der Waals surface area contributed by atoms with Gasteiger partial charge in [-0.05, 0) is 28.1 Å². The molecule has 1 aromatic rings. The normalized spacial score (nSPS) is 34.1. The second-order valence-electron chi connectivity index (χ2n) is 4.61. The average molecular weight is 351 g/mol. The monoisotopic (exact) mass is 350 g/mol. The van der Waals surface area contributed by atoms with Crippen molar-refractivity contribution in [1.29, 1.82) is 0 Å². The molecule has 0 amide bonds. The number of rotatable bonds is 2. The van der Waals surface area contributed by atoms with Gasteiger partial charge in [-0.1, -0.05) is 0 Å². The summed E-state index contributed by atoms with van der Waals surface area (Å²) in [5, 5.41) is 57.9. The molecule has 2 rings (SSSR count). The second-order valence-corrected chi connectivity index (χ2v) is 5.47. The predicted molar refractivity (Wildman–Crippen MR) is 70.2 cm³/mol. The average Bonchev–Trinajstić information content (AvgIpc) is 2.41. The van der Waals surface area contributed by atoms with Crippen LogP contribution in [-0.2, 0) is 4.74 Å². The fraction of sp³-hybridized carbons (Fsp3) is 0.500. The van der Waals surface area contributed by atoms with E-state index in [-0.39, 0.29) is 21.5 Å². The highest BCUT2D eigenvalue weighted by Gasteiger charge is 2.44. The van der Waals surface area contributed by atoms with Gasteiger partial charge >= 0.3 is 0 Å². The molecular formula is C12H15BrO7. The van der Waals surface area contributed by atoms with Gasteiger partial charge in [-0.3, -0.25) is 0 Å². The van der Waals surface area contributed by atoms with E-state index >= 15 is 0 Å². The summed E-state index contributed by atoms with van der Waals surface area (Å²) in [5.41, 5.74) is 0.0441. The van der Waals surface area contributed by atoms with Crippen LogP contribution >= 0.6 is 15.9 Å². The number of benzene rings is 1. The maximum atomic E-state index is 9.94. The number of halogens is 1. The zero-order valence-electron chi connectivity index (χ0n) is 10.2. The van der Waals surface area contributed by atoms with Crippen LogP contribution in [0.2, 0.25) is 0 Å². The molecule has 5 atom stereocenters. The summed E-state index contributed by atoms with van der Waals surface area (Å²) in [6, 6.07) is 2.39. The molecule has 1 aromatic carbocycles. The third kappa shape index (κ3) is 2.62. The van der Waals surface area contributed by atoms with Gasteiger partial charge in [0.25, 0.3) is 0 Å². The summed E-state index contributed by atoms with van der Waals surface area (Å²) in [6.45, 7) is -0.565. The molecule has 112 valence electrons. The van der Waals surface area contributed by atoms with Crippen LogP contribution in [0.3, 0.4) is 0 Å². The summed E-state index contributed by atoms with van der Waals surface area (Å²) >= 11 is 3.02. The van der Waals surface area contributed by atoms with E-state index in [1.165, 1.54) is 12.1 Å². The molecule has 20 heavy (non-hydrogen) atoms. The van der Waals surface area contributed by atoms with E-state index < -0.39 is 37.1 Å². The van der Waals surface area contributed by atoms with Gasteiger partial charge in [0.1, 0.15) is 42.0 Å². The van der Waals surface area contributed by atoms with Crippen molar-refractivity contribution in [2.24, 2.45) is 0 Å². The maximum Gasteiger partial charge on any atom is 0.130 e. The van der Waals surface area contributed by atoms with Crippen molar-refractivity contribution in [3.63, 3.8) is 0 Å².